The summed E-state index contributed by atoms with van der Waals surface area (Å²) in [5, 5.41) is 3.14. The molecule has 3 atom stereocenters. The maximum atomic E-state index is 12.3. The number of carbonyl (C=O) groups excluding carboxylic acids is 2. The minimum Gasteiger partial charge on any atom is -0.366 e. The van der Waals surface area contributed by atoms with Crippen molar-refractivity contribution in [1.29, 1.82) is 0 Å². The van der Waals surface area contributed by atoms with Crippen LogP contribution < -0.4 is 10.8 Å². The van der Waals surface area contributed by atoms with Crippen LogP contribution in [0.25, 0.3) is 0 Å². The number of amides is 1. The molecule has 1 aliphatic heterocycles. The molecule has 0 bridgehead atoms. The van der Waals surface area contributed by atoms with Gasteiger partial charge in [0, 0.05) is 25.2 Å². The van der Waals surface area contributed by atoms with E-state index in [4.69, 9.17) is 4.84 Å². The summed E-state index contributed by atoms with van der Waals surface area (Å²) in [6.45, 7) is 2.10. The van der Waals surface area contributed by atoms with Gasteiger partial charge in [0.15, 0.2) is 0 Å². The monoisotopic (exact) mass is 421 g/mol. The maximum absolute atomic E-state index is 12.3. The SMILES string of the molecule is O=C1CN(C[C@@H]2CCCCC2NOC(=O)c2ccccc2)C[C@H](Cc2ccccc2)N1. The second-order valence-electron chi connectivity index (χ2n) is 8.67. The predicted molar refractivity (Wildman–Crippen MR) is 119 cm³/mol. The second-order valence-corrected chi connectivity index (χ2v) is 8.67. The molecule has 6 nitrogen and oxygen atoms in total. The standard InChI is InChI=1S/C25H31N3O3/c29-24-18-28(17-22(26-24)15-19-9-3-1-4-10-19)16-21-13-7-8-14-23(21)27-31-25(30)20-11-5-2-6-12-20/h1-6,9-12,21-23,27H,7-8,13-18H2,(H,26,29)/t21-,22-,23?/m0/s1. The lowest BCUT2D eigenvalue weighted by Crippen LogP contribution is -2.57. The van der Waals surface area contributed by atoms with Crippen LogP contribution in [0.15, 0.2) is 60.7 Å². The van der Waals surface area contributed by atoms with E-state index < -0.39 is 0 Å². The molecule has 2 aliphatic rings. The number of hydrogen-bond donors (Lipinski definition) is 2. The quantitative estimate of drug-likeness (QED) is 0.673. The summed E-state index contributed by atoms with van der Waals surface area (Å²) in [5.41, 5.74) is 4.82. The van der Waals surface area contributed by atoms with Crippen molar-refractivity contribution in [2.45, 2.75) is 44.2 Å². The Balaban J connectivity index is 1.32. The lowest BCUT2D eigenvalue weighted by Gasteiger charge is -2.39. The summed E-state index contributed by atoms with van der Waals surface area (Å²) >= 11 is 0. The summed E-state index contributed by atoms with van der Waals surface area (Å²) in [5.74, 6) is 0.0776. The summed E-state index contributed by atoms with van der Waals surface area (Å²) in [6, 6.07) is 19.6. The lowest BCUT2D eigenvalue weighted by molar-refractivity contribution is -0.125. The molecular weight excluding hydrogens is 390 g/mol. The fourth-order valence-electron chi connectivity index (χ4n) is 4.73. The van der Waals surface area contributed by atoms with E-state index >= 15 is 0 Å². The Bertz CT molecular complexity index is 859. The highest BCUT2D eigenvalue weighted by molar-refractivity contribution is 5.89. The molecule has 1 heterocycles. The van der Waals surface area contributed by atoms with Crippen LogP contribution in [0.4, 0.5) is 0 Å². The highest BCUT2D eigenvalue weighted by Gasteiger charge is 2.31. The van der Waals surface area contributed by atoms with Gasteiger partial charge in [0.05, 0.1) is 12.1 Å². The van der Waals surface area contributed by atoms with Crippen molar-refractivity contribution in [3.05, 3.63) is 71.8 Å². The van der Waals surface area contributed by atoms with Crippen LogP contribution in [-0.4, -0.2) is 48.5 Å². The number of nitrogens with zero attached hydrogens (tertiary/aromatic N) is 1. The molecule has 2 N–H and O–H groups in total. The van der Waals surface area contributed by atoms with Crippen LogP contribution in [0, 0.1) is 5.92 Å². The Morgan fingerprint density at radius 2 is 1.74 bits per heavy atom. The second kappa shape index (κ2) is 10.6. The van der Waals surface area contributed by atoms with Gasteiger partial charge in [0.25, 0.3) is 0 Å². The number of hydroxylamine groups is 1. The van der Waals surface area contributed by atoms with Crippen LogP contribution in [0.5, 0.6) is 0 Å². The first-order valence-corrected chi connectivity index (χ1v) is 11.2. The highest BCUT2D eigenvalue weighted by Crippen LogP contribution is 2.26. The third-order valence-electron chi connectivity index (χ3n) is 6.25. The van der Waals surface area contributed by atoms with Crippen molar-refractivity contribution in [3.8, 4) is 0 Å². The summed E-state index contributed by atoms with van der Waals surface area (Å²) in [4.78, 5) is 32.3. The maximum Gasteiger partial charge on any atom is 0.356 e. The van der Waals surface area contributed by atoms with E-state index in [-0.39, 0.29) is 24.0 Å². The van der Waals surface area contributed by atoms with Crippen LogP contribution >= 0.6 is 0 Å². The van der Waals surface area contributed by atoms with Crippen LogP contribution in [0.3, 0.4) is 0 Å². The Morgan fingerprint density at radius 3 is 2.52 bits per heavy atom. The molecule has 2 aromatic rings. The van der Waals surface area contributed by atoms with E-state index in [0.717, 1.165) is 38.8 Å². The zero-order valence-corrected chi connectivity index (χ0v) is 17.8. The van der Waals surface area contributed by atoms with Gasteiger partial charge < -0.3 is 10.2 Å². The lowest BCUT2D eigenvalue weighted by atomic mass is 9.84. The molecule has 31 heavy (non-hydrogen) atoms. The number of benzene rings is 2. The summed E-state index contributed by atoms with van der Waals surface area (Å²) in [7, 11) is 0. The molecule has 1 amide bonds. The Morgan fingerprint density at radius 1 is 1.03 bits per heavy atom. The average molecular weight is 422 g/mol. The normalized spacial score (nSPS) is 24.4. The smallest absolute Gasteiger partial charge is 0.356 e. The third-order valence-corrected chi connectivity index (χ3v) is 6.25. The molecule has 1 aliphatic carbocycles. The van der Waals surface area contributed by atoms with Crippen molar-refractivity contribution in [3.63, 3.8) is 0 Å². The number of piperazine rings is 1. The summed E-state index contributed by atoms with van der Waals surface area (Å²) < 4.78 is 0. The van der Waals surface area contributed by atoms with Crippen LogP contribution in [0.1, 0.15) is 41.6 Å². The first-order valence-electron chi connectivity index (χ1n) is 11.2. The zero-order valence-electron chi connectivity index (χ0n) is 17.8. The predicted octanol–water partition coefficient (Wildman–Crippen LogP) is 2.95. The molecule has 2 fully saturated rings. The highest BCUT2D eigenvalue weighted by atomic mass is 16.7. The van der Waals surface area contributed by atoms with Gasteiger partial charge in [-0.25, -0.2) is 4.79 Å². The topological polar surface area (TPSA) is 70.7 Å². The molecule has 6 heteroatoms. The van der Waals surface area contributed by atoms with E-state index in [1.165, 1.54) is 12.0 Å². The van der Waals surface area contributed by atoms with E-state index in [2.05, 4.69) is 27.8 Å². The van der Waals surface area contributed by atoms with Crippen molar-refractivity contribution < 1.29 is 14.4 Å². The van der Waals surface area contributed by atoms with Crippen LogP contribution in [0.2, 0.25) is 0 Å². The molecule has 164 valence electrons. The molecule has 2 aromatic carbocycles. The minimum absolute atomic E-state index is 0.0861. The molecule has 1 saturated heterocycles. The Kier molecular flexibility index (Phi) is 7.33. The zero-order chi connectivity index (χ0) is 21.5. The van der Waals surface area contributed by atoms with Gasteiger partial charge in [-0.3, -0.25) is 9.69 Å². The Labute approximate surface area is 183 Å². The first-order chi connectivity index (χ1) is 15.2. The third kappa shape index (κ3) is 6.15. The molecule has 0 aromatic heterocycles. The van der Waals surface area contributed by atoms with Crippen molar-refractivity contribution in [2.75, 3.05) is 19.6 Å². The average Bonchev–Trinajstić information content (AvgIpc) is 2.79. The molecule has 1 saturated carbocycles. The first kappa shape index (κ1) is 21.5. The van der Waals surface area contributed by atoms with Gasteiger partial charge in [-0.05, 0) is 42.9 Å². The number of nitrogens with one attached hydrogen (secondary N) is 2. The minimum atomic E-state index is -0.356. The molecule has 0 radical (unpaired) electrons. The van der Waals surface area contributed by atoms with E-state index in [9.17, 15) is 9.59 Å². The Hall–Kier alpha value is -2.70. The molecule has 1 unspecified atom stereocenters. The van der Waals surface area contributed by atoms with Crippen molar-refractivity contribution >= 4 is 11.9 Å². The van der Waals surface area contributed by atoms with Gasteiger partial charge in [-0.15, -0.1) is 5.48 Å². The number of rotatable bonds is 7. The van der Waals surface area contributed by atoms with Gasteiger partial charge in [-0.1, -0.05) is 61.4 Å². The summed E-state index contributed by atoms with van der Waals surface area (Å²) in [6.07, 6.45) is 5.17. The fraction of sp³-hybridized carbons (Fsp3) is 0.440. The van der Waals surface area contributed by atoms with E-state index in [0.29, 0.717) is 18.0 Å². The van der Waals surface area contributed by atoms with Gasteiger partial charge >= 0.3 is 5.97 Å². The van der Waals surface area contributed by atoms with E-state index in [1.54, 1.807) is 12.1 Å². The molecule has 0 spiro atoms. The number of carbonyl (C=O) groups is 2. The van der Waals surface area contributed by atoms with Gasteiger partial charge in [0.2, 0.25) is 5.91 Å². The van der Waals surface area contributed by atoms with Gasteiger partial charge in [-0.2, -0.15) is 0 Å². The van der Waals surface area contributed by atoms with Crippen molar-refractivity contribution in [1.82, 2.24) is 15.7 Å². The largest absolute Gasteiger partial charge is 0.366 e. The number of hydrogen-bond acceptors (Lipinski definition) is 5. The van der Waals surface area contributed by atoms with Gasteiger partial charge in [0.1, 0.15) is 0 Å². The van der Waals surface area contributed by atoms with Crippen molar-refractivity contribution in [2.24, 2.45) is 5.92 Å². The van der Waals surface area contributed by atoms with Crippen LogP contribution in [-0.2, 0) is 16.1 Å². The molecule has 4 rings (SSSR count). The van der Waals surface area contributed by atoms with E-state index in [1.807, 2.05) is 36.4 Å². The molecular formula is C25H31N3O3. The fourth-order valence-corrected chi connectivity index (χ4v) is 4.73.